The van der Waals surface area contributed by atoms with E-state index >= 15 is 0 Å². The molecule has 4 fully saturated rings. The summed E-state index contributed by atoms with van der Waals surface area (Å²) in [5.74, 6) is 1.83. The summed E-state index contributed by atoms with van der Waals surface area (Å²) >= 11 is 0. The third-order valence-electron chi connectivity index (χ3n) is 12.2. The molecule has 3 aliphatic carbocycles. The first-order valence-corrected chi connectivity index (χ1v) is 17.2. The third kappa shape index (κ3) is 4.89. The second-order valence-corrected chi connectivity index (χ2v) is 15.6. The minimum absolute atomic E-state index is 0.302. The average molecular weight is 584 g/mol. The van der Waals surface area contributed by atoms with Gasteiger partial charge in [-0.05, 0) is 156 Å². The van der Waals surface area contributed by atoms with Gasteiger partial charge in [-0.2, -0.15) is 0 Å². The van der Waals surface area contributed by atoms with Crippen LogP contribution < -0.4 is 10.9 Å². The van der Waals surface area contributed by atoms with Gasteiger partial charge in [0.1, 0.15) is 0 Å². The fourth-order valence-corrected chi connectivity index (χ4v) is 8.41. The molecule has 2 heterocycles. The first-order valence-electron chi connectivity index (χ1n) is 17.2. The summed E-state index contributed by atoms with van der Waals surface area (Å²) in [6.45, 7) is 23.5. The Morgan fingerprint density at radius 2 is 0.953 bits per heavy atom. The van der Waals surface area contributed by atoms with Crippen molar-refractivity contribution in [3.8, 4) is 11.1 Å². The Labute approximate surface area is 262 Å². The number of rotatable bonds is 4. The van der Waals surface area contributed by atoms with E-state index in [1.165, 1.54) is 83.7 Å². The highest BCUT2D eigenvalue weighted by atomic mass is 16.7. The number of hydrogen-bond donors (Lipinski definition) is 0. The largest absolute Gasteiger partial charge is 0.495 e. The SMILES string of the molecule is CC.Cc1c(B2OC(C)(C)C(C)(C)O2)ccc(-c2ccc(B3OC(C)(C)C(C)(C)O3)c3c2C2CCC3C2)c1C1CCCC1. The fraction of sp³-hybridized carbons (Fsp3) is 0.676. The van der Waals surface area contributed by atoms with Gasteiger partial charge in [0.2, 0.25) is 0 Å². The van der Waals surface area contributed by atoms with Crippen LogP contribution in [0.3, 0.4) is 0 Å². The van der Waals surface area contributed by atoms with Crippen LogP contribution in [0, 0.1) is 6.92 Å². The zero-order valence-electron chi connectivity index (χ0n) is 28.8. The molecule has 4 nitrogen and oxygen atoms in total. The molecule has 2 atom stereocenters. The minimum Gasteiger partial charge on any atom is -0.399 e. The van der Waals surface area contributed by atoms with Crippen molar-refractivity contribution in [2.75, 3.05) is 0 Å². The predicted molar refractivity (Wildman–Crippen MR) is 180 cm³/mol. The molecule has 7 rings (SSSR count). The highest BCUT2D eigenvalue weighted by Gasteiger charge is 2.55. The smallest absolute Gasteiger partial charge is 0.399 e. The maximum absolute atomic E-state index is 6.61. The van der Waals surface area contributed by atoms with Crippen molar-refractivity contribution < 1.29 is 18.6 Å². The Kier molecular flexibility index (Phi) is 7.85. The van der Waals surface area contributed by atoms with Crippen molar-refractivity contribution in [1.29, 1.82) is 0 Å². The van der Waals surface area contributed by atoms with E-state index in [2.05, 4.69) is 86.6 Å². The molecule has 0 amide bonds. The van der Waals surface area contributed by atoms with Gasteiger partial charge in [-0.15, -0.1) is 0 Å². The molecule has 2 aromatic rings. The van der Waals surface area contributed by atoms with Crippen LogP contribution in [-0.2, 0) is 18.6 Å². The number of benzene rings is 2. The summed E-state index contributed by atoms with van der Waals surface area (Å²) in [4.78, 5) is 0. The quantitative estimate of drug-likeness (QED) is 0.339. The van der Waals surface area contributed by atoms with Crippen LogP contribution in [0.5, 0.6) is 0 Å². The standard InChI is InChI=1S/C35H48B2O4.C2H6/c1-21-27(36-38-32(2,3)33(4,5)39-36)18-16-25(29(21)22-12-10-11-13-22)26-17-19-28(31-24-15-14-23(20-24)30(26)31)37-40-34(6,7)35(8,9)41-37;1-2/h16-19,22-24H,10-15,20H2,1-9H3;1-2H3. The normalized spacial score (nSPS) is 27.9. The molecule has 6 heteroatoms. The van der Waals surface area contributed by atoms with E-state index in [9.17, 15) is 0 Å². The molecule has 0 N–H and O–H groups in total. The van der Waals surface area contributed by atoms with Crippen molar-refractivity contribution in [3.05, 3.63) is 46.5 Å². The van der Waals surface area contributed by atoms with Gasteiger partial charge in [-0.25, -0.2) is 0 Å². The van der Waals surface area contributed by atoms with E-state index in [0.29, 0.717) is 17.8 Å². The summed E-state index contributed by atoms with van der Waals surface area (Å²) in [6, 6.07) is 9.44. The van der Waals surface area contributed by atoms with Gasteiger partial charge in [0.05, 0.1) is 22.4 Å². The Hall–Kier alpha value is -1.59. The van der Waals surface area contributed by atoms with Gasteiger partial charge in [0, 0.05) is 0 Å². The van der Waals surface area contributed by atoms with Gasteiger partial charge >= 0.3 is 14.2 Å². The average Bonchev–Trinajstić information content (AvgIpc) is 3.75. The monoisotopic (exact) mass is 584 g/mol. The summed E-state index contributed by atoms with van der Waals surface area (Å²) in [5.41, 5.74) is 9.97. The van der Waals surface area contributed by atoms with Crippen LogP contribution in [-0.4, -0.2) is 36.6 Å². The van der Waals surface area contributed by atoms with E-state index in [1.807, 2.05) is 13.8 Å². The highest BCUT2D eigenvalue weighted by Crippen LogP contribution is 2.56. The Balaban J connectivity index is 0.00000161. The topological polar surface area (TPSA) is 36.9 Å². The molecule has 2 saturated carbocycles. The number of hydrogen-bond acceptors (Lipinski definition) is 4. The van der Waals surface area contributed by atoms with Crippen LogP contribution in [0.1, 0.15) is 154 Å². The van der Waals surface area contributed by atoms with Crippen molar-refractivity contribution in [3.63, 3.8) is 0 Å². The summed E-state index contributed by atoms with van der Waals surface area (Å²) in [5, 5.41) is 0. The molecule has 2 aromatic carbocycles. The van der Waals surface area contributed by atoms with Gasteiger partial charge in [-0.1, -0.05) is 51.0 Å². The molecule has 232 valence electrons. The first-order chi connectivity index (χ1) is 20.2. The van der Waals surface area contributed by atoms with Crippen LogP contribution in [0.2, 0.25) is 0 Å². The molecule has 2 saturated heterocycles. The summed E-state index contributed by atoms with van der Waals surface area (Å²) in [7, 11) is -0.634. The van der Waals surface area contributed by atoms with Gasteiger partial charge in [0.25, 0.3) is 0 Å². The maximum atomic E-state index is 6.61. The first kappa shape index (κ1) is 31.4. The molecule has 0 spiro atoms. The Bertz CT molecular complexity index is 1360. The Morgan fingerprint density at radius 3 is 1.47 bits per heavy atom. The molecule has 0 radical (unpaired) electrons. The zero-order chi connectivity index (χ0) is 31.1. The Morgan fingerprint density at radius 1 is 0.535 bits per heavy atom. The van der Waals surface area contributed by atoms with Gasteiger partial charge in [-0.3, -0.25) is 0 Å². The molecule has 2 unspecified atom stereocenters. The summed E-state index contributed by atoms with van der Waals surface area (Å²) in [6.07, 6.45) is 9.00. The van der Waals surface area contributed by atoms with Crippen molar-refractivity contribution in [1.82, 2.24) is 0 Å². The van der Waals surface area contributed by atoms with E-state index in [0.717, 1.165) is 0 Å². The molecular weight excluding hydrogens is 530 g/mol. The minimum atomic E-state index is -0.348. The van der Waals surface area contributed by atoms with Crippen LogP contribution in [0.25, 0.3) is 11.1 Å². The van der Waals surface area contributed by atoms with Crippen LogP contribution in [0.4, 0.5) is 0 Å². The molecule has 0 aromatic heterocycles. The molecular formula is C37H54B2O4. The molecule has 43 heavy (non-hydrogen) atoms. The van der Waals surface area contributed by atoms with E-state index < -0.39 is 0 Å². The molecule has 2 bridgehead atoms. The van der Waals surface area contributed by atoms with Crippen molar-refractivity contribution >= 4 is 25.2 Å². The van der Waals surface area contributed by atoms with Crippen molar-refractivity contribution in [2.45, 2.75) is 161 Å². The van der Waals surface area contributed by atoms with Crippen LogP contribution >= 0.6 is 0 Å². The second kappa shape index (κ2) is 10.7. The predicted octanol–water partition coefficient (Wildman–Crippen LogP) is 8.31. The zero-order valence-corrected chi connectivity index (χ0v) is 28.8. The van der Waals surface area contributed by atoms with Crippen molar-refractivity contribution in [2.24, 2.45) is 0 Å². The number of fused-ring (bicyclic) bond motifs is 5. The van der Waals surface area contributed by atoms with E-state index in [-0.39, 0.29) is 36.6 Å². The second-order valence-electron chi connectivity index (χ2n) is 15.6. The fourth-order valence-electron chi connectivity index (χ4n) is 8.41. The van der Waals surface area contributed by atoms with E-state index in [1.54, 1.807) is 5.56 Å². The van der Waals surface area contributed by atoms with E-state index in [4.69, 9.17) is 18.6 Å². The van der Waals surface area contributed by atoms with Gasteiger partial charge < -0.3 is 18.6 Å². The summed E-state index contributed by atoms with van der Waals surface area (Å²) < 4.78 is 26.3. The third-order valence-corrected chi connectivity index (χ3v) is 12.2. The van der Waals surface area contributed by atoms with Crippen LogP contribution in [0.15, 0.2) is 24.3 Å². The molecule has 2 aliphatic heterocycles. The lowest BCUT2D eigenvalue weighted by atomic mass is 9.68. The maximum Gasteiger partial charge on any atom is 0.495 e. The molecule has 5 aliphatic rings. The van der Waals surface area contributed by atoms with Gasteiger partial charge in [0.15, 0.2) is 0 Å². The lowest BCUT2D eigenvalue weighted by Crippen LogP contribution is -2.41. The lowest BCUT2D eigenvalue weighted by molar-refractivity contribution is 0.00578. The highest BCUT2D eigenvalue weighted by molar-refractivity contribution is 6.63. The lowest BCUT2D eigenvalue weighted by Gasteiger charge is -2.32.